The smallest absolute Gasteiger partial charge is 0.306 e. The second-order valence-electron chi connectivity index (χ2n) is 7.16. The molecule has 0 fully saturated rings. The Morgan fingerprint density at radius 3 is 2.75 bits per heavy atom. The van der Waals surface area contributed by atoms with Crippen molar-refractivity contribution in [3.8, 4) is 0 Å². The van der Waals surface area contributed by atoms with Crippen LogP contribution in [-0.4, -0.2) is 40.1 Å². The fraction of sp³-hybridized carbons (Fsp3) is 0.476. The quantitative estimate of drug-likeness (QED) is 0.718. The number of thioether (sulfide) groups is 1. The number of amides is 1. The predicted octanol–water partition coefficient (Wildman–Crippen LogP) is 3.43. The van der Waals surface area contributed by atoms with Gasteiger partial charge in [0.1, 0.15) is 0 Å². The molecular weight excluding hydrogens is 374 g/mol. The third-order valence-corrected chi connectivity index (χ3v) is 6.38. The van der Waals surface area contributed by atoms with Crippen LogP contribution in [0.5, 0.6) is 0 Å². The summed E-state index contributed by atoms with van der Waals surface area (Å²) in [5, 5.41) is 4.80. The maximum atomic E-state index is 12.7. The van der Waals surface area contributed by atoms with Gasteiger partial charge in [0.2, 0.25) is 0 Å². The number of benzene rings is 1. The first-order valence-electron chi connectivity index (χ1n) is 9.57. The van der Waals surface area contributed by atoms with E-state index in [-0.39, 0.29) is 24.9 Å². The SMILES string of the molecule is Cc1nn(C)c(C)c1CCC(=O)OCC(=O)N1CCC(C)Sc2ccccc21. The van der Waals surface area contributed by atoms with Crippen molar-refractivity contribution < 1.29 is 14.3 Å². The molecule has 2 heterocycles. The number of hydrogen-bond acceptors (Lipinski definition) is 5. The summed E-state index contributed by atoms with van der Waals surface area (Å²) in [6.45, 7) is 6.50. The highest BCUT2D eigenvalue weighted by Crippen LogP contribution is 2.37. The molecular formula is C21H27N3O3S. The summed E-state index contributed by atoms with van der Waals surface area (Å²) in [4.78, 5) is 27.7. The monoisotopic (exact) mass is 401 g/mol. The summed E-state index contributed by atoms with van der Waals surface area (Å²) in [5.74, 6) is -0.536. The predicted molar refractivity (Wildman–Crippen MR) is 111 cm³/mol. The van der Waals surface area contributed by atoms with E-state index in [0.29, 0.717) is 18.2 Å². The fourth-order valence-corrected chi connectivity index (χ4v) is 4.56. The molecule has 0 N–H and O–H groups in total. The lowest BCUT2D eigenvalue weighted by atomic mass is 10.1. The normalized spacial score (nSPS) is 16.4. The number of hydrogen-bond donors (Lipinski definition) is 0. The molecule has 1 aliphatic rings. The van der Waals surface area contributed by atoms with Crippen LogP contribution < -0.4 is 4.90 Å². The summed E-state index contributed by atoms with van der Waals surface area (Å²) in [6, 6.07) is 7.90. The van der Waals surface area contributed by atoms with Gasteiger partial charge in [-0.3, -0.25) is 14.3 Å². The molecule has 1 amide bonds. The Morgan fingerprint density at radius 2 is 2.04 bits per heavy atom. The molecule has 7 heteroatoms. The summed E-state index contributed by atoms with van der Waals surface area (Å²) >= 11 is 1.78. The van der Waals surface area contributed by atoms with E-state index in [1.165, 1.54) is 0 Å². The first-order valence-corrected chi connectivity index (χ1v) is 10.5. The van der Waals surface area contributed by atoms with Crippen molar-refractivity contribution in [1.82, 2.24) is 9.78 Å². The molecule has 2 aromatic rings. The highest BCUT2D eigenvalue weighted by atomic mass is 32.2. The minimum absolute atomic E-state index is 0.177. The van der Waals surface area contributed by atoms with Crippen molar-refractivity contribution in [2.75, 3.05) is 18.1 Å². The van der Waals surface area contributed by atoms with Gasteiger partial charge in [0, 0.05) is 35.9 Å². The van der Waals surface area contributed by atoms with Crippen LogP contribution in [0, 0.1) is 13.8 Å². The number of ether oxygens (including phenoxy) is 1. The van der Waals surface area contributed by atoms with Crippen molar-refractivity contribution in [3.05, 3.63) is 41.2 Å². The zero-order valence-corrected chi connectivity index (χ0v) is 17.7. The molecule has 1 aromatic heterocycles. The van der Waals surface area contributed by atoms with Gasteiger partial charge in [-0.1, -0.05) is 19.1 Å². The van der Waals surface area contributed by atoms with E-state index >= 15 is 0 Å². The van der Waals surface area contributed by atoms with E-state index in [9.17, 15) is 9.59 Å². The van der Waals surface area contributed by atoms with Gasteiger partial charge in [0.05, 0.1) is 11.4 Å². The third kappa shape index (κ3) is 4.58. The van der Waals surface area contributed by atoms with Gasteiger partial charge in [-0.15, -0.1) is 11.8 Å². The third-order valence-electron chi connectivity index (χ3n) is 5.14. The van der Waals surface area contributed by atoms with E-state index < -0.39 is 0 Å². The molecule has 0 bridgehead atoms. The topological polar surface area (TPSA) is 64.4 Å². The minimum Gasteiger partial charge on any atom is -0.456 e. The van der Waals surface area contributed by atoms with Crippen LogP contribution in [0.15, 0.2) is 29.2 Å². The first kappa shape index (κ1) is 20.5. The van der Waals surface area contributed by atoms with Crippen molar-refractivity contribution in [2.24, 2.45) is 7.05 Å². The van der Waals surface area contributed by atoms with Gasteiger partial charge in [-0.2, -0.15) is 5.10 Å². The van der Waals surface area contributed by atoms with Gasteiger partial charge in [-0.25, -0.2) is 0 Å². The van der Waals surface area contributed by atoms with Crippen LogP contribution in [0.25, 0.3) is 0 Å². The Labute approximate surface area is 170 Å². The number of carbonyl (C=O) groups excluding carboxylic acids is 2. The lowest BCUT2D eigenvalue weighted by Gasteiger charge is -2.22. The summed E-state index contributed by atoms with van der Waals surface area (Å²) in [5.41, 5.74) is 3.95. The van der Waals surface area contributed by atoms with E-state index in [1.54, 1.807) is 16.7 Å². The molecule has 3 rings (SSSR count). The number of aromatic nitrogens is 2. The van der Waals surface area contributed by atoms with E-state index in [1.807, 2.05) is 49.8 Å². The molecule has 0 radical (unpaired) electrons. The van der Waals surface area contributed by atoms with Crippen molar-refractivity contribution >= 4 is 29.3 Å². The molecule has 0 saturated heterocycles. The highest BCUT2D eigenvalue weighted by molar-refractivity contribution is 8.00. The van der Waals surface area contributed by atoms with Crippen LogP contribution >= 0.6 is 11.8 Å². The van der Waals surface area contributed by atoms with E-state index in [2.05, 4.69) is 12.0 Å². The number of rotatable bonds is 5. The van der Waals surface area contributed by atoms with Gasteiger partial charge in [0.15, 0.2) is 6.61 Å². The number of fused-ring (bicyclic) bond motifs is 1. The van der Waals surface area contributed by atoms with E-state index in [4.69, 9.17) is 4.74 Å². The second-order valence-corrected chi connectivity index (χ2v) is 8.64. The van der Waals surface area contributed by atoms with Crippen molar-refractivity contribution in [3.63, 3.8) is 0 Å². The molecule has 1 aliphatic heterocycles. The number of esters is 1. The standard InChI is InChI=1S/C21H27N3O3S/c1-14-11-12-24(18-7-5-6-8-19(18)28-14)20(25)13-27-21(26)10-9-17-15(2)22-23(4)16(17)3/h5-8,14H,9-13H2,1-4H3. The average molecular weight is 402 g/mol. The molecule has 0 spiro atoms. The van der Waals surface area contributed by atoms with Gasteiger partial charge >= 0.3 is 5.97 Å². The molecule has 6 nitrogen and oxygen atoms in total. The Hall–Kier alpha value is -2.28. The van der Waals surface area contributed by atoms with Crippen LogP contribution in [0.3, 0.4) is 0 Å². The highest BCUT2D eigenvalue weighted by Gasteiger charge is 2.24. The lowest BCUT2D eigenvalue weighted by Crippen LogP contribution is -2.35. The molecule has 0 aliphatic carbocycles. The number of carbonyl (C=O) groups is 2. The maximum Gasteiger partial charge on any atom is 0.306 e. The molecule has 0 saturated carbocycles. The number of aryl methyl sites for hydroxylation is 2. The number of para-hydroxylation sites is 1. The zero-order chi connectivity index (χ0) is 20.3. The second kappa shape index (κ2) is 8.82. The van der Waals surface area contributed by atoms with Crippen LogP contribution in [0.4, 0.5) is 5.69 Å². The summed E-state index contributed by atoms with van der Waals surface area (Å²) < 4.78 is 7.10. The van der Waals surface area contributed by atoms with Crippen LogP contribution in [0.1, 0.15) is 36.7 Å². The van der Waals surface area contributed by atoms with Crippen molar-refractivity contribution in [1.29, 1.82) is 0 Å². The summed E-state index contributed by atoms with van der Waals surface area (Å²) in [6.07, 6.45) is 1.71. The van der Waals surface area contributed by atoms with Gasteiger partial charge in [-0.05, 0) is 44.4 Å². The van der Waals surface area contributed by atoms with Gasteiger partial charge in [0.25, 0.3) is 5.91 Å². The number of anilines is 1. The van der Waals surface area contributed by atoms with E-state index in [0.717, 1.165) is 34.0 Å². The first-order chi connectivity index (χ1) is 13.4. The zero-order valence-electron chi connectivity index (χ0n) is 16.9. The Balaban J connectivity index is 1.57. The molecule has 1 unspecified atom stereocenters. The van der Waals surface area contributed by atoms with Crippen LogP contribution in [0.2, 0.25) is 0 Å². The van der Waals surface area contributed by atoms with Gasteiger partial charge < -0.3 is 9.64 Å². The molecule has 28 heavy (non-hydrogen) atoms. The minimum atomic E-state index is -0.359. The number of nitrogens with zero attached hydrogens (tertiary/aromatic N) is 3. The van der Waals surface area contributed by atoms with Crippen LogP contribution in [-0.2, 0) is 27.8 Å². The molecule has 1 atom stereocenters. The van der Waals surface area contributed by atoms with Crippen molar-refractivity contribution in [2.45, 2.75) is 50.2 Å². The largest absolute Gasteiger partial charge is 0.456 e. The Kier molecular flexibility index (Phi) is 6.44. The molecule has 150 valence electrons. The maximum absolute atomic E-state index is 12.7. The fourth-order valence-electron chi connectivity index (χ4n) is 3.44. The average Bonchev–Trinajstić information content (AvgIpc) is 2.81. The molecule has 1 aromatic carbocycles. The Morgan fingerprint density at radius 1 is 1.29 bits per heavy atom. The lowest BCUT2D eigenvalue weighted by molar-refractivity contribution is -0.147. The Bertz CT molecular complexity index is 878. The summed E-state index contributed by atoms with van der Waals surface area (Å²) in [7, 11) is 1.89.